The van der Waals surface area contributed by atoms with Crippen LogP contribution >= 0.6 is 0 Å². The van der Waals surface area contributed by atoms with Gasteiger partial charge in [-0.2, -0.15) is 0 Å². The normalized spacial score (nSPS) is 18.5. The Bertz CT molecular complexity index is 947. The molecule has 8 nitrogen and oxygen atoms in total. The quantitative estimate of drug-likeness (QED) is 0.733. The zero-order valence-corrected chi connectivity index (χ0v) is 15.9. The summed E-state index contributed by atoms with van der Waals surface area (Å²) >= 11 is 0. The van der Waals surface area contributed by atoms with E-state index < -0.39 is 12.1 Å². The van der Waals surface area contributed by atoms with Crippen LogP contribution in [0.5, 0.6) is 11.5 Å². The van der Waals surface area contributed by atoms with Gasteiger partial charge in [-0.1, -0.05) is 30.3 Å². The van der Waals surface area contributed by atoms with E-state index >= 15 is 0 Å². The van der Waals surface area contributed by atoms with Crippen molar-refractivity contribution in [3.8, 4) is 11.5 Å². The van der Waals surface area contributed by atoms with Crippen LogP contribution in [-0.4, -0.2) is 35.6 Å². The molecule has 150 valence electrons. The largest absolute Gasteiger partial charge is 0.454 e. The molecule has 2 aliphatic heterocycles. The Hall–Kier alpha value is -3.55. The lowest BCUT2D eigenvalue weighted by Crippen LogP contribution is -2.34. The van der Waals surface area contributed by atoms with Gasteiger partial charge in [0.15, 0.2) is 11.5 Å². The second-order valence-corrected chi connectivity index (χ2v) is 6.95. The summed E-state index contributed by atoms with van der Waals surface area (Å²) in [6.45, 7) is 1.97. The zero-order valence-electron chi connectivity index (χ0n) is 15.9. The van der Waals surface area contributed by atoms with Crippen molar-refractivity contribution < 1.29 is 23.9 Å². The smallest absolute Gasteiger partial charge is 0.325 e. The third-order valence-electron chi connectivity index (χ3n) is 5.04. The molecular weight excluding hydrogens is 374 g/mol. The first kappa shape index (κ1) is 18.8. The Morgan fingerprint density at radius 3 is 2.72 bits per heavy atom. The minimum Gasteiger partial charge on any atom is -0.454 e. The van der Waals surface area contributed by atoms with Gasteiger partial charge in [0.05, 0.1) is 6.04 Å². The van der Waals surface area contributed by atoms with Gasteiger partial charge in [-0.3, -0.25) is 14.5 Å². The van der Waals surface area contributed by atoms with Crippen molar-refractivity contribution in [2.75, 3.05) is 12.1 Å². The van der Waals surface area contributed by atoms with Gasteiger partial charge in [0, 0.05) is 18.2 Å². The predicted octanol–water partition coefficient (Wildman–Crippen LogP) is 2.82. The molecule has 2 aromatic rings. The van der Waals surface area contributed by atoms with Crippen molar-refractivity contribution in [2.24, 2.45) is 0 Å². The number of benzene rings is 2. The van der Waals surface area contributed by atoms with Gasteiger partial charge in [0.25, 0.3) is 5.91 Å². The summed E-state index contributed by atoms with van der Waals surface area (Å²) in [5.41, 5.74) is 1.46. The number of carbonyl (C=O) groups is 3. The monoisotopic (exact) mass is 395 g/mol. The van der Waals surface area contributed by atoms with Crippen LogP contribution < -0.4 is 20.1 Å². The summed E-state index contributed by atoms with van der Waals surface area (Å²) in [5, 5.41) is 5.45. The molecule has 0 aromatic heterocycles. The van der Waals surface area contributed by atoms with Crippen LogP contribution in [0.25, 0.3) is 0 Å². The number of imide groups is 1. The van der Waals surface area contributed by atoms with Gasteiger partial charge in [0.1, 0.15) is 6.04 Å². The highest BCUT2D eigenvalue weighted by Crippen LogP contribution is 2.34. The summed E-state index contributed by atoms with van der Waals surface area (Å²) in [7, 11) is 0. The lowest BCUT2D eigenvalue weighted by molar-refractivity contribution is -0.129. The molecule has 0 radical (unpaired) electrons. The minimum atomic E-state index is -0.712. The number of anilines is 1. The number of nitrogens with zero attached hydrogens (tertiary/aromatic N) is 1. The third kappa shape index (κ3) is 3.87. The summed E-state index contributed by atoms with van der Waals surface area (Å²) < 4.78 is 10.5. The molecule has 2 atom stereocenters. The number of carbonyl (C=O) groups excluding carboxylic acids is 3. The number of hydrogen-bond acceptors (Lipinski definition) is 5. The zero-order chi connectivity index (χ0) is 20.4. The van der Waals surface area contributed by atoms with Gasteiger partial charge in [-0.15, -0.1) is 0 Å². The Labute approximate surface area is 167 Å². The number of fused-ring (bicyclic) bond motifs is 1. The van der Waals surface area contributed by atoms with Crippen molar-refractivity contribution in [3.63, 3.8) is 0 Å². The van der Waals surface area contributed by atoms with E-state index in [0.29, 0.717) is 17.2 Å². The number of rotatable bonds is 6. The molecule has 0 saturated carbocycles. The van der Waals surface area contributed by atoms with Crippen LogP contribution in [0.15, 0.2) is 48.5 Å². The first-order chi connectivity index (χ1) is 14.0. The Morgan fingerprint density at radius 1 is 1.17 bits per heavy atom. The summed E-state index contributed by atoms with van der Waals surface area (Å²) in [6, 6.07) is 13.0. The van der Waals surface area contributed by atoms with Gasteiger partial charge < -0.3 is 20.1 Å². The second-order valence-electron chi connectivity index (χ2n) is 6.95. The van der Waals surface area contributed by atoms with E-state index in [9.17, 15) is 14.4 Å². The molecule has 4 amide bonds. The molecule has 1 saturated heterocycles. The Morgan fingerprint density at radius 2 is 1.93 bits per heavy atom. The van der Waals surface area contributed by atoms with Gasteiger partial charge >= 0.3 is 6.03 Å². The van der Waals surface area contributed by atoms with E-state index in [-0.39, 0.29) is 37.5 Å². The first-order valence-corrected chi connectivity index (χ1v) is 9.41. The number of hydrogen-bond donors (Lipinski definition) is 2. The Balaban J connectivity index is 1.33. The van der Waals surface area contributed by atoms with Gasteiger partial charge in [0.2, 0.25) is 12.7 Å². The number of urea groups is 1. The average molecular weight is 395 g/mol. The van der Waals surface area contributed by atoms with Crippen molar-refractivity contribution in [1.82, 2.24) is 10.2 Å². The standard InChI is InChI=1S/C21H21N3O5/c1-13(14-5-3-2-4-6-14)24-20(26)16(23-21(24)27)8-10-19(25)22-15-7-9-17-18(11-15)29-12-28-17/h2-7,9,11,13,16H,8,10,12H2,1H3,(H,22,25)(H,23,27)/t13-,16-/m1/s1. The van der Waals surface area contributed by atoms with Crippen LogP contribution in [0.3, 0.4) is 0 Å². The van der Waals surface area contributed by atoms with Crippen LogP contribution in [0.4, 0.5) is 10.5 Å². The molecule has 1 fully saturated rings. The lowest BCUT2D eigenvalue weighted by Gasteiger charge is -2.21. The van der Waals surface area contributed by atoms with E-state index in [2.05, 4.69) is 10.6 Å². The molecule has 2 heterocycles. The second kappa shape index (κ2) is 7.83. The minimum absolute atomic E-state index is 0.0959. The highest BCUT2D eigenvalue weighted by molar-refractivity contribution is 6.05. The van der Waals surface area contributed by atoms with E-state index in [1.165, 1.54) is 4.90 Å². The molecule has 2 N–H and O–H groups in total. The van der Waals surface area contributed by atoms with E-state index in [1.54, 1.807) is 18.2 Å². The molecule has 4 rings (SSSR count). The molecule has 2 aromatic carbocycles. The average Bonchev–Trinajstić information content (AvgIpc) is 3.30. The van der Waals surface area contributed by atoms with Gasteiger partial charge in [-0.25, -0.2) is 4.79 Å². The molecule has 29 heavy (non-hydrogen) atoms. The summed E-state index contributed by atoms with van der Waals surface area (Å²) in [6.07, 6.45) is 0.317. The number of nitrogens with one attached hydrogen (secondary N) is 2. The molecule has 0 spiro atoms. The maximum Gasteiger partial charge on any atom is 0.325 e. The maximum absolute atomic E-state index is 12.7. The fourth-order valence-corrected chi connectivity index (χ4v) is 3.46. The SMILES string of the molecule is C[C@H](c1ccccc1)N1C(=O)N[C@H](CCC(=O)Nc2ccc3c(c2)OCO3)C1=O. The molecule has 2 aliphatic rings. The fourth-order valence-electron chi connectivity index (χ4n) is 3.46. The maximum atomic E-state index is 12.7. The third-order valence-corrected chi connectivity index (χ3v) is 5.04. The molecule has 8 heteroatoms. The van der Waals surface area contributed by atoms with E-state index in [4.69, 9.17) is 9.47 Å². The topological polar surface area (TPSA) is 97.0 Å². The van der Waals surface area contributed by atoms with Gasteiger partial charge in [-0.05, 0) is 31.0 Å². The lowest BCUT2D eigenvalue weighted by atomic mass is 10.1. The van der Waals surface area contributed by atoms with Crippen LogP contribution in [0.2, 0.25) is 0 Å². The number of amides is 4. The molecular formula is C21H21N3O5. The summed E-state index contributed by atoms with van der Waals surface area (Å²) in [4.78, 5) is 38.5. The van der Waals surface area contributed by atoms with Crippen LogP contribution in [-0.2, 0) is 9.59 Å². The number of ether oxygens (including phenoxy) is 2. The first-order valence-electron chi connectivity index (χ1n) is 9.41. The molecule has 0 bridgehead atoms. The van der Waals surface area contributed by atoms with Crippen molar-refractivity contribution in [3.05, 3.63) is 54.1 Å². The molecule has 0 aliphatic carbocycles. The van der Waals surface area contributed by atoms with Crippen molar-refractivity contribution in [2.45, 2.75) is 31.8 Å². The highest BCUT2D eigenvalue weighted by atomic mass is 16.7. The fraction of sp³-hybridized carbons (Fsp3) is 0.286. The van der Waals surface area contributed by atoms with Crippen LogP contribution in [0, 0.1) is 0 Å². The van der Waals surface area contributed by atoms with Crippen molar-refractivity contribution in [1.29, 1.82) is 0 Å². The van der Waals surface area contributed by atoms with E-state index in [1.807, 2.05) is 37.3 Å². The van der Waals surface area contributed by atoms with Crippen LogP contribution in [0.1, 0.15) is 31.4 Å². The predicted molar refractivity (Wildman–Crippen MR) is 104 cm³/mol. The van der Waals surface area contributed by atoms with Crippen molar-refractivity contribution >= 4 is 23.5 Å². The van der Waals surface area contributed by atoms with E-state index in [0.717, 1.165) is 5.56 Å². The summed E-state index contributed by atoms with van der Waals surface area (Å²) in [5.74, 6) is 0.643. The molecule has 0 unspecified atom stereocenters. The highest BCUT2D eigenvalue weighted by Gasteiger charge is 2.40. The Kier molecular flexibility index (Phi) is 5.07.